The highest BCUT2D eigenvalue weighted by Gasteiger charge is 2.39. The second-order valence-electron chi connectivity index (χ2n) is 5.50. The molecule has 0 aliphatic rings. The Hall–Kier alpha value is -2.94. The van der Waals surface area contributed by atoms with Gasteiger partial charge in [-0.2, -0.15) is 13.2 Å². The zero-order chi connectivity index (χ0) is 21.2. The minimum absolute atomic E-state index is 0.0102. The number of alkyl halides is 3. The zero-order valence-corrected chi connectivity index (χ0v) is 15.2. The van der Waals surface area contributed by atoms with Crippen molar-refractivity contribution in [2.45, 2.75) is 6.18 Å². The molecule has 2 N–H and O–H groups in total. The highest BCUT2D eigenvalue weighted by Crippen LogP contribution is 2.30. The van der Waals surface area contributed by atoms with Crippen LogP contribution in [0.1, 0.15) is 5.69 Å². The molecule has 0 spiro atoms. The fourth-order valence-corrected chi connectivity index (χ4v) is 5.82. The SMILES string of the molecule is CS(=O)(=O)n1c(=O)[s+](-n2c(=O)cc(C(F)(F)F)n(N)c2=O)c2cc(F)ccc21. The maximum absolute atomic E-state index is 13.7. The Labute approximate surface area is 154 Å². The Morgan fingerprint density at radius 2 is 1.71 bits per heavy atom. The number of fused-ring (bicyclic) bond motifs is 1. The monoisotopic (exact) mass is 441 g/mol. The second-order valence-corrected chi connectivity index (χ2v) is 9.06. The van der Waals surface area contributed by atoms with E-state index in [2.05, 4.69) is 0 Å². The van der Waals surface area contributed by atoms with Crippen molar-refractivity contribution in [2.75, 3.05) is 12.1 Å². The van der Waals surface area contributed by atoms with E-state index in [1.165, 1.54) is 0 Å². The topological polar surface area (TPSA) is 126 Å². The van der Waals surface area contributed by atoms with Crippen LogP contribution in [0.3, 0.4) is 0 Å². The average Bonchev–Trinajstić information content (AvgIpc) is 2.82. The fraction of sp³-hybridized carbons (Fsp3) is 0.154. The van der Waals surface area contributed by atoms with Gasteiger partial charge in [0.05, 0.1) is 6.26 Å². The Kier molecular flexibility index (Phi) is 4.27. The van der Waals surface area contributed by atoms with E-state index >= 15 is 0 Å². The first-order chi connectivity index (χ1) is 12.7. The predicted octanol–water partition coefficient (Wildman–Crippen LogP) is 0.0648. The van der Waals surface area contributed by atoms with Crippen molar-refractivity contribution in [1.29, 1.82) is 0 Å². The molecule has 0 aliphatic carbocycles. The molecule has 1 atom stereocenters. The molecule has 0 amide bonds. The molecule has 0 saturated heterocycles. The third kappa shape index (κ3) is 2.91. The van der Waals surface area contributed by atoms with Crippen LogP contribution in [-0.2, 0) is 16.2 Å². The largest absolute Gasteiger partial charge is 0.499 e. The molecule has 0 fully saturated rings. The van der Waals surface area contributed by atoms with E-state index < -0.39 is 54.5 Å². The van der Waals surface area contributed by atoms with Crippen molar-refractivity contribution >= 4 is 30.9 Å². The normalized spacial score (nSPS) is 13.2. The smallest absolute Gasteiger partial charge is 0.335 e. The van der Waals surface area contributed by atoms with Gasteiger partial charge in [0, 0.05) is 12.1 Å². The first kappa shape index (κ1) is 19.8. The summed E-state index contributed by atoms with van der Waals surface area (Å²) in [4.78, 5) is 35.9. The molecule has 2 heterocycles. The number of aromatic nitrogens is 3. The number of nitrogen functional groups attached to an aromatic ring is 1. The lowest BCUT2D eigenvalue weighted by Crippen LogP contribution is -2.45. The van der Waals surface area contributed by atoms with Gasteiger partial charge in [-0.15, -0.1) is 3.97 Å². The number of thiazole rings is 1. The van der Waals surface area contributed by atoms with E-state index in [4.69, 9.17) is 5.84 Å². The van der Waals surface area contributed by atoms with Crippen LogP contribution in [-0.4, -0.2) is 27.3 Å². The Balaban J connectivity index is 2.58. The molecule has 9 nitrogen and oxygen atoms in total. The summed E-state index contributed by atoms with van der Waals surface area (Å²) < 4.78 is 75.9. The summed E-state index contributed by atoms with van der Waals surface area (Å²) in [5.41, 5.74) is -5.37. The molecule has 0 aliphatic heterocycles. The van der Waals surface area contributed by atoms with Crippen molar-refractivity contribution in [3.63, 3.8) is 0 Å². The van der Waals surface area contributed by atoms with E-state index in [0.717, 1.165) is 12.1 Å². The van der Waals surface area contributed by atoms with Crippen LogP contribution >= 0.6 is 10.7 Å². The van der Waals surface area contributed by atoms with Crippen LogP contribution in [0.4, 0.5) is 17.6 Å². The van der Waals surface area contributed by atoms with Gasteiger partial charge < -0.3 is 5.84 Å². The summed E-state index contributed by atoms with van der Waals surface area (Å²) in [6.07, 6.45) is -4.49. The number of nitrogens with zero attached hydrogens (tertiary/aromatic N) is 3. The van der Waals surface area contributed by atoms with Crippen molar-refractivity contribution in [2.24, 2.45) is 0 Å². The van der Waals surface area contributed by atoms with E-state index in [1.54, 1.807) is 0 Å². The summed E-state index contributed by atoms with van der Waals surface area (Å²) in [6.45, 7) is 0. The highest BCUT2D eigenvalue weighted by atomic mass is 32.2. The molecule has 3 rings (SSSR count). The Bertz CT molecular complexity index is 1410. The Morgan fingerprint density at radius 3 is 2.25 bits per heavy atom. The van der Waals surface area contributed by atoms with Gasteiger partial charge >= 0.3 is 22.3 Å². The number of benzene rings is 1. The van der Waals surface area contributed by atoms with Crippen molar-refractivity contribution in [1.82, 2.24) is 12.6 Å². The lowest BCUT2D eigenvalue weighted by Gasteiger charge is -2.10. The second kappa shape index (κ2) is 6.03. The number of hydrogen-bond donors (Lipinski definition) is 1. The van der Waals surface area contributed by atoms with Gasteiger partial charge in [0.1, 0.15) is 11.3 Å². The third-order valence-electron chi connectivity index (χ3n) is 3.58. The van der Waals surface area contributed by atoms with Gasteiger partial charge in [-0.05, 0) is 16.1 Å². The van der Waals surface area contributed by atoms with Crippen molar-refractivity contribution < 1.29 is 26.0 Å². The van der Waals surface area contributed by atoms with E-state index in [9.17, 15) is 40.4 Å². The lowest BCUT2D eigenvalue weighted by molar-refractivity contribution is -0.143. The molecule has 1 aromatic carbocycles. The van der Waals surface area contributed by atoms with Crippen LogP contribution < -0.4 is 22.0 Å². The molecule has 0 bridgehead atoms. The lowest BCUT2D eigenvalue weighted by atomic mass is 10.3. The predicted molar refractivity (Wildman–Crippen MR) is 91.8 cm³/mol. The molecule has 0 radical (unpaired) electrons. The van der Waals surface area contributed by atoms with Gasteiger partial charge in [-0.1, -0.05) is 0 Å². The quantitative estimate of drug-likeness (QED) is 0.341. The van der Waals surface area contributed by atoms with Crippen LogP contribution in [0.25, 0.3) is 10.2 Å². The van der Waals surface area contributed by atoms with Gasteiger partial charge in [0.25, 0.3) is 0 Å². The summed E-state index contributed by atoms with van der Waals surface area (Å²) in [6, 6.07) is 2.48. The first-order valence-corrected chi connectivity index (χ1v) is 10.1. The molecule has 2 aromatic heterocycles. The molecule has 15 heteroatoms. The minimum Gasteiger partial charge on any atom is -0.335 e. The molecule has 0 saturated carbocycles. The third-order valence-corrected chi connectivity index (χ3v) is 6.68. The maximum Gasteiger partial charge on any atom is 0.499 e. The van der Waals surface area contributed by atoms with E-state index in [-0.39, 0.29) is 28.9 Å². The van der Waals surface area contributed by atoms with E-state index in [0.29, 0.717) is 12.3 Å². The molecule has 1 unspecified atom stereocenters. The van der Waals surface area contributed by atoms with Crippen LogP contribution in [0.15, 0.2) is 38.6 Å². The first-order valence-electron chi connectivity index (χ1n) is 7.05. The van der Waals surface area contributed by atoms with Gasteiger partial charge in [-0.3, -0.25) is 4.79 Å². The standard InChI is InChI=1S/C13H9F4N4O5S2/c1-28(25,26)21-7-3-2-6(14)4-8(7)27(12(21)24)20-10(22)5-9(13(15,16)17)19(18)11(20)23/h2-5H,18H2,1H3/q+1. The number of hydrogen-bond acceptors (Lipinski definition) is 6. The number of halogens is 4. The summed E-state index contributed by atoms with van der Waals surface area (Å²) in [5.74, 6) is 4.21. The molecule has 150 valence electrons. The highest BCUT2D eigenvalue weighted by molar-refractivity contribution is 7.89. The maximum atomic E-state index is 13.7. The molecular weight excluding hydrogens is 432 g/mol. The summed E-state index contributed by atoms with van der Waals surface area (Å²) >= 11 is 0. The van der Waals surface area contributed by atoms with Crippen LogP contribution in [0, 0.1) is 5.82 Å². The van der Waals surface area contributed by atoms with Crippen LogP contribution in [0.5, 0.6) is 0 Å². The van der Waals surface area contributed by atoms with Crippen LogP contribution in [0.2, 0.25) is 0 Å². The summed E-state index contributed by atoms with van der Waals surface area (Å²) in [7, 11) is -6.63. The average molecular weight is 441 g/mol. The number of rotatable bonds is 2. The van der Waals surface area contributed by atoms with Crippen molar-refractivity contribution in [3.8, 4) is 0 Å². The zero-order valence-electron chi connectivity index (χ0n) is 13.6. The van der Waals surface area contributed by atoms with Gasteiger partial charge in [0.15, 0.2) is 16.3 Å². The fourth-order valence-electron chi connectivity index (χ4n) is 2.50. The van der Waals surface area contributed by atoms with Crippen molar-refractivity contribution in [3.05, 3.63) is 66.3 Å². The minimum atomic E-state index is -5.14. The number of nitrogens with two attached hydrogens (primary N) is 1. The summed E-state index contributed by atoms with van der Waals surface area (Å²) in [5, 5.41) is 0. The molecule has 28 heavy (non-hydrogen) atoms. The Morgan fingerprint density at radius 1 is 1.11 bits per heavy atom. The van der Waals surface area contributed by atoms with E-state index in [1.807, 2.05) is 0 Å². The van der Waals surface area contributed by atoms with Gasteiger partial charge in [-0.25, -0.2) is 27.1 Å². The van der Waals surface area contributed by atoms with Gasteiger partial charge in [0.2, 0.25) is 14.7 Å². The molecular formula is C13H9F4N4O5S2+. The molecule has 3 aromatic rings.